The molecule has 0 unspecified atom stereocenters. The van der Waals surface area contributed by atoms with Crippen LogP contribution in [-0.2, 0) is 14.9 Å². The fourth-order valence-corrected chi connectivity index (χ4v) is 2.54. The molecule has 0 aliphatic heterocycles. The monoisotopic (exact) mass is 308 g/mol. The summed E-state index contributed by atoms with van der Waals surface area (Å²) in [6.45, 7) is 0. The molecule has 1 N–H and O–H groups in total. The number of esters is 1. The minimum Gasteiger partial charge on any atom is -0.508 e. The molecule has 0 fully saturated rings. The quantitative estimate of drug-likeness (QED) is 0.686. The minimum atomic E-state index is -4.11. The number of phenolic OH excluding ortho intramolecular Hbond substituents is 1. The van der Waals surface area contributed by atoms with E-state index in [4.69, 9.17) is 9.29 Å². The zero-order valence-corrected chi connectivity index (χ0v) is 11.8. The van der Waals surface area contributed by atoms with Gasteiger partial charge in [-0.1, -0.05) is 12.1 Å². The second-order valence-electron chi connectivity index (χ2n) is 4.02. The number of benzene rings is 2. The molecule has 2 rings (SSSR count). The zero-order valence-electron chi connectivity index (χ0n) is 11.0. The summed E-state index contributed by atoms with van der Waals surface area (Å²) in [5.41, 5.74) is 0.00218. The molecule has 0 amide bonds. The summed E-state index contributed by atoms with van der Waals surface area (Å²) in [6, 6.07) is 10.7. The highest BCUT2D eigenvalue weighted by Gasteiger charge is 2.21. The highest BCUT2D eigenvalue weighted by molar-refractivity contribution is 7.87. The first-order valence-corrected chi connectivity index (χ1v) is 7.26. The molecule has 6 nitrogen and oxygen atoms in total. The van der Waals surface area contributed by atoms with Crippen LogP contribution in [0.3, 0.4) is 0 Å². The predicted octanol–water partition coefficient (Wildman–Crippen LogP) is 1.95. The van der Waals surface area contributed by atoms with Crippen molar-refractivity contribution in [3.05, 3.63) is 54.1 Å². The molecule has 0 atom stereocenters. The average molecular weight is 308 g/mol. The fraction of sp³-hybridized carbons (Fsp3) is 0.0714. The Morgan fingerprint density at radius 1 is 1.05 bits per heavy atom. The number of rotatable bonds is 4. The molecule has 2 aromatic rings. The number of hydrogen-bond acceptors (Lipinski definition) is 6. The second-order valence-corrected chi connectivity index (χ2v) is 5.57. The third-order valence-corrected chi connectivity index (χ3v) is 3.87. The van der Waals surface area contributed by atoms with E-state index in [1.807, 2.05) is 0 Å². The van der Waals surface area contributed by atoms with Gasteiger partial charge in [0, 0.05) is 0 Å². The maximum Gasteiger partial charge on any atom is 0.341 e. The van der Waals surface area contributed by atoms with Crippen molar-refractivity contribution in [1.82, 2.24) is 0 Å². The van der Waals surface area contributed by atoms with Crippen LogP contribution in [0.5, 0.6) is 11.5 Å². The van der Waals surface area contributed by atoms with Crippen LogP contribution in [0, 0.1) is 0 Å². The Morgan fingerprint density at radius 2 is 1.67 bits per heavy atom. The lowest BCUT2D eigenvalue weighted by Crippen LogP contribution is -2.13. The molecule has 0 spiro atoms. The highest BCUT2D eigenvalue weighted by Crippen LogP contribution is 2.24. The van der Waals surface area contributed by atoms with Crippen molar-refractivity contribution in [2.75, 3.05) is 7.11 Å². The number of para-hydroxylation sites is 1. The first-order chi connectivity index (χ1) is 9.94. The number of aromatic hydroxyl groups is 1. The molecular formula is C14H12O6S. The van der Waals surface area contributed by atoms with Crippen LogP contribution in [0.15, 0.2) is 53.4 Å². The van der Waals surface area contributed by atoms with E-state index in [9.17, 15) is 13.2 Å². The Bertz CT molecular complexity index is 749. The van der Waals surface area contributed by atoms with Crippen LogP contribution in [0.1, 0.15) is 10.4 Å². The SMILES string of the molecule is COC(=O)c1ccccc1OS(=O)(=O)c1ccc(O)cc1. The molecule has 21 heavy (non-hydrogen) atoms. The number of hydrogen-bond donors (Lipinski definition) is 1. The first-order valence-electron chi connectivity index (χ1n) is 5.85. The van der Waals surface area contributed by atoms with E-state index < -0.39 is 16.1 Å². The van der Waals surface area contributed by atoms with Gasteiger partial charge in [0.2, 0.25) is 0 Å². The summed E-state index contributed by atoms with van der Waals surface area (Å²) in [5.74, 6) is -0.896. The average Bonchev–Trinajstić information content (AvgIpc) is 2.47. The summed E-state index contributed by atoms with van der Waals surface area (Å²) in [4.78, 5) is 11.4. The van der Waals surface area contributed by atoms with Crippen molar-refractivity contribution in [1.29, 1.82) is 0 Å². The number of methoxy groups -OCH3 is 1. The van der Waals surface area contributed by atoms with E-state index in [-0.39, 0.29) is 22.0 Å². The van der Waals surface area contributed by atoms with Gasteiger partial charge in [-0.15, -0.1) is 0 Å². The molecule has 2 aromatic carbocycles. The Hall–Kier alpha value is -2.54. The van der Waals surface area contributed by atoms with Gasteiger partial charge >= 0.3 is 16.1 Å². The van der Waals surface area contributed by atoms with Crippen LogP contribution >= 0.6 is 0 Å². The molecule has 0 heterocycles. The lowest BCUT2D eigenvalue weighted by Gasteiger charge is -2.10. The third kappa shape index (κ3) is 3.32. The van der Waals surface area contributed by atoms with Gasteiger partial charge in [-0.05, 0) is 36.4 Å². The maximum absolute atomic E-state index is 12.1. The summed E-state index contributed by atoms with van der Waals surface area (Å²) in [5, 5.41) is 9.16. The van der Waals surface area contributed by atoms with E-state index >= 15 is 0 Å². The first kappa shape index (κ1) is 14.9. The van der Waals surface area contributed by atoms with Gasteiger partial charge in [0.15, 0.2) is 5.75 Å². The highest BCUT2D eigenvalue weighted by atomic mass is 32.2. The van der Waals surface area contributed by atoms with E-state index in [0.29, 0.717) is 0 Å². The molecule has 7 heteroatoms. The van der Waals surface area contributed by atoms with Gasteiger partial charge in [0.05, 0.1) is 7.11 Å². The zero-order chi connectivity index (χ0) is 15.5. The summed E-state index contributed by atoms with van der Waals surface area (Å²) < 4.78 is 33.8. The van der Waals surface area contributed by atoms with Crippen molar-refractivity contribution in [3.8, 4) is 11.5 Å². The Labute approximate surface area is 121 Å². The summed E-state index contributed by atoms with van der Waals surface area (Å²) in [7, 11) is -2.93. The Kier molecular flexibility index (Phi) is 4.13. The van der Waals surface area contributed by atoms with Crippen LogP contribution in [0.2, 0.25) is 0 Å². The van der Waals surface area contributed by atoms with E-state index in [0.717, 1.165) is 0 Å². The van der Waals surface area contributed by atoms with Crippen LogP contribution < -0.4 is 4.18 Å². The lowest BCUT2D eigenvalue weighted by atomic mass is 10.2. The number of phenols is 1. The molecular weight excluding hydrogens is 296 g/mol. The van der Waals surface area contributed by atoms with Crippen LogP contribution in [-0.4, -0.2) is 26.6 Å². The van der Waals surface area contributed by atoms with Gasteiger partial charge < -0.3 is 14.0 Å². The number of ether oxygens (including phenoxy) is 1. The summed E-state index contributed by atoms with van der Waals surface area (Å²) in [6.07, 6.45) is 0. The molecule has 0 aromatic heterocycles. The predicted molar refractivity (Wildman–Crippen MR) is 73.7 cm³/mol. The van der Waals surface area contributed by atoms with Crippen molar-refractivity contribution in [2.45, 2.75) is 4.90 Å². The normalized spacial score (nSPS) is 10.9. The molecule has 0 aliphatic carbocycles. The van der Waals surface area contributed by atoms with Crippen molar-refractivity contribution in [3.63, 3.8) is 0 Å². The second kappa shape index (κ2) is 5.84. The number of carbonyl (C=O) groups is 1. The van der Waals surface area contributed by atoms with Crippen LogP contribution in [0.25, 0.3) is 0 Å². The topological polar surface area (TPSA) is 89.9 Å². The van der Waals surface area contributed by atoms with Gasteiger partial charge in [0.25, 0.3) is 0 Å². The molecule has 0 aliphatic rings. The maximum atomic E-state index is 12.1. The van der Waals surface area contributed by atoms with Gasteiger partial charge in [0.1, 0.15) is 16.2 Å². The number of carbonyl (C=O) groups excluding carboxylic acids is 1. The van der Waals surface area contributed by atoms with Crippen LogP contribution in [0.4, 0.5) is 0 Å². The van der Waals surface area contributed by atoms with Gasteiger partial charge in [-0.2, -0.15) is 8.42 Å². The fourth-order valence-electron chi connectivity index (χ4n) is 1.60. The van der Waals surface area contributed by atoms with E-state index in [1.54, 1.807) is 6.07 Å². The lowest BCUT2D eigenvalue weighted by molar-refractivity contribution is 0.0599. The largest absolute Gasteiger partial charge is 0.508 e. The van der Waals surface area contributed by atoms with E-state index in [2.05, 4.69) is 4.74 Å². The Balaban J connectivity index is 2.37. The molecule has 0 bridgehead atoms. The van der Waals surface area contributed by atoms with Gasteiger partial charge in [-0.3, -0.25) is 0 Å². The van der Waals surface area contributed by atoms with Gasteiger partial charge in [-0.25, -0.2) is 4.79 Å². The van der Waals surface area contributed by atoms with Crippen molar-refractivity contribution in [2.24, 2.45) is 0 Å². The standard InChI is InChI=1S/C14H12O6S/c1-19-14(16)12-4-2-3-5-13(12)20-21(17,18)11-8-6-10(15)7-9-11/h2-9,15H,1H3. The summed E-state index contributed by atoms with van der Waals surface area (Å²) >= 11 is 0. The van der Waals surface area contributed by atoms with Crippen molar-refractivity contribution >= 4 is 16.1 Å². The smallest absolute Gasteiger partial charge is 0.341 e. The molecule has 0 radical (unpaired) electrons. The third-order valence-electron chi connectivity index (χ3n) is 2.62. The molecule has 0 saturated heterocycles. The minimum absolute atomic E-state index is 0.00218. The Morgan fingerprint density at radius 3 is 2.29 bits per heavy atom. The van der Waals surface area contributed by atoms with Crippen molar-refractivity contribution < 1.29 is 27.2 Å². The van der Waals surface area contributed by atoms with E-state index in [1.165, 1.54) is 49.6 Å². The molecule has 110 valence electrons. The molecule has 0 saturated carbocycles.